The average Bonchev–Trinajstić information content (AvgIpc) is 2.48. The van der Waals surface area contributed by atoms with Gasteiger partial charge in [0.15, 0.2) is 0 Å². The van der Waals surface area contributed by atoms with Crippen LogP contribution in [0.5, 0.6) is 0 Å². The number of sulfonamides is 1. The van der Waals surface area contributed by atoms with Crippen LogP contribution in [0, 0.1) is 0 Å². The minimum atomic E-state index is -3.53. The average molecular weight is 313 g/mol. The highest BCUT2D eigenvalue weighted by Crippen LogP contribution is 2.25. The molecule has 1 aromatic rings. The van der Waals surface area contributed by atoms with E-state index < -0.39 is 10.0 Å². The first-order valence-corrected chi connectivity index (χ1v) is 9.13. The Bertz CT molecular complexity index is 531. The van der Waals surface area contributed by atoms with E-state index in [-0.39, 0.29) is 10.9 Å². The van der Waals surface area contributed by atoms with Crippen molar-refractivity contribution >= 4 is 15.8 Å². The van der Waals surface area contributed by atoms with E-state index in [2.05, 4.69) is 17.2 Å². The largest absolute Gasteiger partial charge is 0.369 e. The molecule has 6 heteroatoms. The molecule has 1 atom stereocenters. The third-order valence-electron chi connectivity index (χ3n) is 3.52. The highest BCUT2D eigenvalue weighted by molar-refractivity contribution is 7.89. The monoisotopic (exact) mass is 313 g/mol. The molecule has 0 saturated heterocycles. The first kappa shape index (κ1) is 17.9. The molecule has 1 aromatic heterocycles. The Kier molecular flexibility index (Phi) is 7.11. The lowest BCUT2D eigenvalue weighted by molar-refractivity contribution is 0.324. The lowest BCUT2D eigenvalue weighted by atomic mass is 10.2. The highest BCUT2D eigenvalue weighted by Gasteiger charge is 2.30. The van der Waals surface area contributed by atoms with Crippen molar-refractivity contribution in [3.8, 4) is 0 Å². The summed E-state index contributed by atoms with van der Waals surface area (Å²) >= 11 is 0. The van der Waals surface area contributed by atoms with Crippen LogP contribution < -0.4 is 5.32 Å². The lowest BCUT2D eigenvalue weighted by Crippen LogP contribution is -2.39. The van der Waals surface area contributed by atoms with Gasteiger partial charge in [0.05, 0.1) is 0 Å². The van der Waals surface area contributed by atoms with Crippen LogP contribution in [-0.4, -0.2) is 36.8 Å². The van der Waals surface area contributed by atoms with Gasteiger partial charge in [-0.3, -0.25) is 0 Å². The molecular formula is C15H27N3O2S. The summed E-state index contributed by atoms with van der Waals surface area (Å²) in [5, 5.41) is 3.03. The molecule has 21 heavy (non-hydrogen) atoms. The smallest absolute Gasteiger partial charge is 0.246 e. The number of nitrogens with zero attached hydrogens (tertiary/aromatic N) is 2. The molecule has 1 heterocycles. The van der Waals surface area contributed by atoms with Gasteiger partial charge < -0.3 is 5.32 Å². The topological polar surface area (TPSA) is 62.3 Å². The fourth-order valence-electron chi connectivity index (χ4n) is 2.12. The minimum Gasteiger partial charge on any atom is -0.369 e. The van der Waals surface area contributed by atoms with Crippen molar-refractivity contribution in [1.29, 1.82) is 0 Å². The van der Waals surface area contributed by atoms with Crippen LogP contribution in [0.3, 0.4) is 0 Å². The molecule has 120 valence electrons. The molecule has 1 rings (SSSR count). The van der Waals surface area contributed by atoms with E-state index in [1.807, 2.05) is 20.8 Å². The van der Waals surface area contributed by atoms with Gasteiger partial charge in [0, 0.05) is 25.3 Å². The summed E-state index contributed by atoms with van der Waals surface area (Å²) in [7, 11) is -3.53. The van der Waals surface area contributed by atoms with Gasteiger partial charge in [-0.1, -0.05) is 20.3 Å². The summed E-state index contributed by atoms with van der Waals surface area (Å²) in [5.41, 5.74) is 0. The molecule has 0 saturated carbocycles. The van der Waals surface area contributed by atoms with Gasteiger partial charge in [-0.05, 0) is 38.8 Å². The molecule has 0 aliphatic rings. The molecule has 0 bridgehead atoms. The van der Waals surface area contributed by atoms with Crippen LogP contribution >= 0.6 is 0 Å². The normalized spacial score (nSPS) is 13.4. The Morgan fingerprint density at radius 3 is 2.62 bits per heavy atom. The van der Waals surface area contributed by atoms with Crippen molar-refractivity contribution in [3.63, 3.8) is 0 Å². The second-order valence-corrected chi connectivity index (χ2v) is 6.97. The molecule has 0 amide bonds. The standard InChI is InChI=1S/C15H27N3O2S/c1-5-8-12-18(13(4)6-2)21(19,20)14-10-9-11-17-15(14)16-7-3/h9-11,13H,5-8,12H2,1-4H3,(H,16,17). The second-order valence-electron chi connectivity index (χ2n) is 5.11. The number of hydrogen-bond acceptors (Lipinski definition) is 4. The van der Waals surface area contributed by atoms with Gasteiger partial charge in [-0.25, -0.2) is 13.4 Å². The zero-order valence-electron chi connectivity index (χ0n) is 13.5. The summed E-state index contributed by atoms with van der Waals surface area (Å²) in [5.74, 6) is 0.435. The van der Waals surface area contributed by atoms with Gasteiger partial charge in [-0.15, -0.1) is 0 Å². The Morgan fingerprint density at radius 1 is 1.33 bits per heavy atom. The van der Waals surface area contributed by atoms with Crippen molar-refractivity contribution in [2.75, 3.05) is 18.4 Å². The number of pyridine rings is 1. The van der Waals surface area contributed by atoms with E-state index >= 15 is 0 Å². The maximum Gasteiger partial charge on any atom is 0.246 e. The quantitative estimate of drug-likeness (QED) is 0.761. The molecule has 0 aromatic carbocycles. The first-order valence-electron chi connectivity index (χ1n) is 7.69. The number of hydrogen-bond donors (Lipinski definition) is 1. The molecule has 0 spiro atoms. The molecule has 0 radical (unpaired) electrons. The number of anilines is 1. The summed E-state index contributed by atoms with van der Waals surface area (Å²) in [6.07, 6.45) is 4.23. The third-order valence-corrected chi connectivity index (χ3v) is 5.56. The van der Waals surface area contributed by atoms with Crippen LogP contribution in [-0.2, 0) is 10.0 Å². The molecule has 1 unspecified atom stereocenters. The lowest BCUT2D eigenvalue weighted by Gasteiger charge is -2.28. The van der Waals surface area contributed by atoms with E-state index in [0.717, 1.165) is 19.3 Å². The highest BCUT2D eigenvalue weighted by atomic mass is 32.2. The summed E-state index contributed by atoms with van der Waals surface area (Å²) < 4.78 is 27.6. The van der Waals surface area contributed by atoms with E-state index in [0.29, 0.717) is 18.9 Å². The Morgan fingerprint density at radius 2 is 2.05 bits per heavy atom. The fraction of sp³-hybridized carbons (Fsp3) is 0.667. The predicted octanol–water partition coefficient (Wildman–Crippen LogP) is 3.10. The van der Waals surface area contributed by atoms with E-state index in [1.54, 1.807) is 22.6 Å². The van der Waals surface area contributed by atoms with Crippen LogP contribution in [0.25, 0.3) is 0 Å². The maximum absolute atomic E-state index is 13.0. The summed E-state index contributed by atoms with van der Waals surface area (Å²) in [6, 6.07) is 3.28. The molecular weight excluding hydrogens is 286 g/mol. The van der Waals surface area contributed by atoms with Gasteiger partial charge in [0.2, 0.25) is 10.0 Å². The molecule has 5 nitrogen and oxygen atoms in total. The Hall–Kier alpha value is -1.14. The van der Waals surface area contributed by atoms with E-state index in [4.69, 9.17) is 0 Å². The van der Waals surface area contributed by atoms with E-state index in [9.17, 15) is 8.42 Å². The Labute approximate surface area is 128 Å². The third kappa shape index (κ3) is 4.41. The SMILES string of the molecule is CCCCN(C(C)CC)S(=O)(=O)c1cccnc1NCC. The molecule has 0 aliphatic carbocycles. The van der Waals surface area contributed by atoms with Crippen LogP contribution in [0.4, 0.5) is 5.82 Å². The van der Waals surface area contributed by atoms with Crippen molar-refractivity contribution in [1.82, 2.24) is 9.29 Å². The Balaban J connectivity index is 3.22. The van der Waals surface area contributed by atoms with Crippen LogP contribution in [0.2, 0.25) is 0 Å². The minimum absolute atomic E-state index is 0.0174. The summed E-state index contributed by atoms with van der Waals surface area (Å²) in [6.45, 7) is 9.14. The van der Waals surface area contributed by atoms with Crippen molar-refractivity contribution < 1.29 is 8.42 Å². The number of unbranched alkanes of at least 4 members (excludes halogenated alkanes) is 1. The van der Waals surface area contributed by atoms with Crippen molar-refractivity contribution in [2.24, 2.45) is 0 Å². The van der Waals surface area contributed by atoms with Crippen molar-refractivity contribution in [2.45, 2.75) is 57.9 Å². The van der Waals surface area contributed by atoms with Crippen LogP contribution in [0.15, 0.2) is 23.2 Å². The second kappa shape index (κ2) is 8.34. The van der Waals surface area contributed by atoms with Crippen molar-refractivity contribution in [3.05, 3.63) is 18.3 Å². The van der Waals surface area contributed by atoms with Gasteiger partial charge >= 0.3 is 0 Å². The first-order chi connectivity index (χ1) is 9.98. The zero-order chi connectivity index (χ0) is 15.9. The maximum atomic E-state index is 13.0. The zero-order valence-corrected chi connectivity index (χ0v) is 14.3. The fourth-order valence-corrected chi connectivity index (χ4v) is 3.99. The number of nitrogens with one attached hydrogen (secondary N) is 1. The van der Waals surface area contributed by atoms with Gasteiger partial charge in [0.25, 0.3) is 0 Å². The summed E-state index contributed by atoms with van der Waals surface area (Å²) in [4.78, 5) is 4.43. The number of rotatable bonds is 9. The molecule has 1 N–H and O–H groups in total. The van der Waals surface area contributed by atoms with Gasteiger partial charge in [0.1, 0.15) is 10.7 Å². The number of aromatic nitrogens is 1. The van der Waals surface area contributed by atoms with E-state index in [1.165, 1.54) is 0 Å². The van der Waals surface area contributed by atoms with Crippen LogP contribution in [0.1, 0.15) is 47.0 Å². The molecule has 0 fully saturated rings. The predicted molar refractivity (Wildman–Crippen MR) is 87.0 cm³/mol. The molecule has 0 aliphatic heterocycles. The van der Waals surface area contributed by atoms with Gasteiger partial charge in [-0.2, -0.15) is 4.31 Å².